The molecular weight excluding hydrogens is 845 g/mol. The van der Waals surface area contributed by atoms with Crippen molar-refractivity contribution in [3.63, 3.8) is 0 Å². The summed E-state index contributed by atoms with van der Waals surface area (Å²) in [5, 5.41) is 15.6. The van der Waals surface area contributed by atoms with Crippen LogP contribution in [0.4, 0.5) is 34.1 Å². The fraction of sp³-hybridized carbons (Fsp3) is 0. The van der Waals surface area contributed by atoms with E-state index in [0.717, 1.165) is 127 Å². The van der Waals surface area contributed by atoms with E-state index >= 15 is 0 Å². The minimum absolute atomic E-state index is 0.807. The highest BCUT2D eigenvalue weighted by Gasteiger charge is 2.24. The summed E-state index contributed by atoms with van der Waals surface area (Å²) in [6.07, 6.45) is 0. The lowest BCUT2D eigenvalue weighted by Gasteiger charge is -2.26. The number of nitrogens with zero attached hydrogens (tertiary/aromatic N) is 2. The lowest BCUT2D eigenvalue weighted by Crippen LogP contribution is -2.10. The Morgan fingerprint density at radius 3 is 1.25 bits per heavy atom. The molecule has 0 amide bonds. The second-order valence-electron chi connectivity index (χ2n) is 18.0. The number of fused-ring (bicyclic) bond motifs is 16. The van der Waals surface area contributed by atoms with Gasteiger partial charge in [-0.2, -0.15) is 0 Å². The zero-order valence-electron chi connectivity index (χ0n) is 37.1. The molecule has 0 radical (unpaired) electrons. The van der Waals surface area contributed by atoms with Gasteiger partial charge in [0.2, 0.25) is 0 Å². The molecule has 5 heteroatoms. The van der Waals surface area contributed by atoms with Crippen molar-refractivity contribution in [1.82, 2.24) is 0 Å². The van der Waals surface area contributed by atoms with Gasteiger partial charge in [-0.3, -0.25) is 0 Å². The molecule has 0 aliphatic rings. The highest BCUT2D eigenvalue weighted by atomic mass is 16.3. The fourth-order valence-electron chi connectivity index (χ4n) is 11.0. The second-order valence-corrected chi connectivity index (χ2v) is 18.0. The Hall–Kier alpha value is -9.32. The molecule has 3 aromatic heterocycles. The van der Waals surface area contributed by atoms with E-state index in [1.165, 1.54) is 16.2 Å². The number of hydrogen-bond acceptors (Lipinski definition) is 5. The maximum absolute atomic E-state index is 7.17. The van der Waals surface area contributed by atoms with Gasteiger partial charge in [-0.1, -0.05) is 146 Å². The van der Waals surface area contributed by atoms with E-state index in [0.29, 0.717) is 0 Å². The van der Waals surface area contributed by atoms with Crippen LogP contribution in [0.1, 0.15) is 0 Å². The molecular formula is C64H38N2O3. The van der Waals surface area contributed by atoms with E-state index in [1.807, 2.05) is 24.3 Å². The molecule has 0 aliphatic heterocycles. The molecule has 15 rings (SSSR count). The van der Waals surface area contributed by atoms with Crippen molar-refractivity contribution < 1.29 is 13.3 Å². The molecule has 5 nitrogen and oxygen atoms in total. The number of furan rings is 3. The van der Waals surface area contributed by atoms with Gasteiger partial charge in [0.15, 0.2) is 11.2 Å². The standard InChI is InChI=1S/C64H38N2O3/c1-3-15-41-35-43(29-27-39(41)13-1)65(56-23-11-21-51-48-18-7-9-25-58(48)67-62(51)56)45-31-33-53-55(37-45)47-17-5-6-20-50(47)61-54-34-32-46(38-60(54)69-64(53)61)66(44-30-28-40-14-2-4-16-42(40)36-44)57-24-12-22-52-49-19-8-10-26-59(49)68-63(52)57/h1-38H. The number of anilines is 6. The largest absolute Gasteiger partial charge is 0.455 e. The molecule has 15 aromatic rings. The summed E-state index contributed by atoms with van der Waals surface area (Å²) < 4.78 is 20.6. The van der Waals surface area contributed by atoms with Gasteiger partial charge in [-0.05, 0) is 117 Å². The molecule has 0 bridgehead atoms. The molecule has 0 saturated carbocycles. The van der Waals surface area contributed by atoms with E-state index in [1.54, 1.807) is 0 Å². The van der Waals surface area contributed by atoms with Gasteiger partial charge in [0, 0.05) is 60.8 Å². The summed E-state index contributed by atoms with van der Waals surface area (Å²) in [6.45, 7) is 0. The summed E-state index contributed by atoms with van der Waals surface area (Å²) in [6, 6.07) is 81.9. The minimum Gasteiger partial charge on any atom is -0.455 e. The molecule has 0 spiro atoms. The van der Waals surface area contributed by atoms with Crippen molar-refractivity contribution in [3.05, 3.63) is 231 Å². The molecule has 0 N–H and O–H groups in total. The lowest BCUT2D eigenvalue weighted by molar-refractivity contribution is 0.668. The topological polar surface area (TPSA) is 45.9 Å². The maximum atomic E-state index is 7.17. The minimum atomic E-state index is 0.807. The first kappa shape index (κ1) is 37.9. The van der Waals surface area contributed by atoms with Gasteiger partial charge < -0.3 is 23.1 Å². The zero-order valence-corrected chi connectivity index (χ0v) is 37.1. The molecule has 12 aromatic carbocycles. The molecule has 0 fully saturated rings. The van der Waals surface area contributed by atoms with Crippen LogP contribution in [0.15, 0.2) is 244 Å². The second kappa shape index (κ2) is 14.6. The summed E-state index contributed by atoms with van der Waals surface area (Å²) >= 11 is 0. The van der Waals surface area contributed by atoms with E-state index in [2.05, 4.69) is 216 Å². The van der Waals surface area contributed by atoms with Gasteiger partial charge in [0.25, 0.3) is 0 Å². The van der Waals surface area contributed by atoms with Crippen molar-refractivity contribution in [1.29, 1.82) is 0 Å². The predicted octanol–water partition coefficient (Wildman–Crippen LogP) is 18.9. The van der Waals surface area contributed by atoms with Gasteiger partial charge in [-0.15, -0.1) is 0 Å². The van der Waals surface area contributed by atoms with Crippen LogP contribution in [0.2, 0.25) is 0 Å². The summed E-state index contributed by atoms with van der Waals surface area (Å²) in [5.74, 6) is 0. The molecule has 0 aliphatic carbocycles. The average molecular weight is 883 g/mol. The summed E-state index contributed by atoms with van der Waals surface area (Å²) in [4.78, 5) is 4.64. The van der Waals surface area contributed by atoms with Crippen LogP contribution in [0.5, 0.6) is 0 Å². The number of benzene rings is 12. The molecule has 0 unspecified atom stereocenters. The molecule has 322 valence electrons. The van der Waals surface area contributed by atoms with E-state index < -0.39 is 0 Å². The van der Waals surface area contributed by atoms with Crippen LogP contribution in [-0.4, -0.2) is 0 Å². The Balaban J connectivity index is 0.951. The van der Waals surface area contributed by atoms with Crippen LogP contribution < -0.4 is 9.80 Å². The highest BCUT2D eigenvalue weighted by molar-refractivity contribution is 6.31. The normalized spacial score (nSPS) is 12.1. The monoisotopic (exact) mass is 882 g/mol. The average Bonchev–Trinajstić information content (AvgIpc) is 4.11. The molecule has 3 heterocycles. The summed E-state index contributed by atoms with van der Waals surface area (Å²) in [5.41, 5.74) is 11.0. The predicted molar refractivity (Wildman–Crippen MR) is 288 cm³/mol. The van der Waals surface area contributed by atoms with Gasteiger partial charge >= 0.3 is 0 Å². The lowest BCUT2D eigenvalue weighted by atomic mass is 9.96. The van der Waals surface area contributed by atoms with Crippen molar-refractivity contribution in [2.24, 2.45) is 0 Å². The summed E-state index contributed by atoms with van der Waals surface area (Å²) in [7, 11) is 0. The number of rotatable bonds is 6. The van der Waals surface area contributed by atoms with Gasteiger partial charge in [0.05, 0.1) is 17.1 Å². The van der Waals surface area contributed by atoms with Crippen molar-refractivity contribution in [2.45, 2.75) is 0 Å². The van der Waals surface area contributed by atoms with Gasteiger partial charge in [-0.25, -0.2) is 0 Å². The Labute approximate surface area is 394 Å². The van der Waals surface area contributed by atoms with Crippen LogP contribution >= 0.6 is 0 Å². The molecule has 0 atom stereocenters. The first-order chi connectivity index (χ1) is 34.2. The van der Waals surface area contributed by atoms with Crippen molar-refractivity contribution in [3.8, 4) is 0 Å². The third-order valence-electron chi connectivity index (χ3n) is 14.2. The zero-order chi connectivity index (χ0) is 45.2. The van der Waals surface area contributed by atoms with Crippen LogP contribution in [-0.2, 0) is 0 Å². The SMILES string of the molecule is c1ccc2cc(N(c3ccc4c(c3)oc3c5ccc(N(c6ccc7ccccc7c6)c6cccc7c6oc6ccccc67)cc5c5ccccc5c43)c3cccc4c3oc3ccccc34)ccc2c1. The maximum Gasteiger partial charge on any atom is 0.159 e. The van der Waals surface area contributed by atoms with Crippen LogP contribution in [0.25, 0.3) is 109 Å². The van der Waals surface area contributed by atoms with Gasteiger partial charge in [0.1, 0.15) is 22.3 Å². The Morgan fingerprint density at radius 2 is 0.652 bits per heavy atom. The van der Waals surface area contributed by atoms with E-state index in [9.17, 15) is 0 Å². The van der Waals surface area contributed by atoms with Crippen molar-refractivity contribution >= 4 is 143 Å². The first-order valence-electron chi connectivity index (χ1n) is 23.4. The highest BCUT2D eigenvalue weighted by Crippen LogP contribution is 2.49. The van der Waals surface area contributed by atoms with Crippen LogP contribution in [0, 0.1) is 0 Å². The number of hydrogen-bond donors (Lipinski definition) is 0. The van der Waals surface area contributed by atoms with Crippen LogP contribution in [0.3, 0.4) is 0 Å². The smallest absolute Gasteiger partial charge is 0.159 e. The molecule has 0 saturated heterocycles. The Morgan fingerprint density at radius 1 is 0.232 bits per heavy atom. The first-order valence-corrected chi connectivity index (χ1v) is 23.4. The van der Waals surface area contributed by atoms with E-state index in [4.69, 9.17) is 13.3 Å². The Kier molecular flexibility index (Phi) is 8.00. The third kappa shape index (κ3) is 5.71. The quantitative estimate of drug-likeness (QED) is 0.156. The van der Waals surface area contributed by atoms with Crippen molar-refractivity contribution in [2.75, 3.05) is 9.80 Å². The third-order valence-corrected chi connectivity index (χ3v) is 14.2. The number of para-hydroxylation sites is 4. The fourth-order valence-corrected chi connectivity index (χ4v) is 11.0. The Bertz CT molecular complexity index is 4590. The van der Waals surface area contributed by atoms with E-state index in [-0.39, 0.29) is 0 Å². The molecule has 69 heavy (non-hydrogen) atoms.